The molecule has 1 aliphatic rings. The number of rotatable bonds is 5. The van der Waals surface area contributed by atoms with Gasteiger partial charge in [0, 0.05) is 0 Å². The van der Waals surface area contributed by atoms with Gasteiger partial charge in [0.05, 0.1) is 11.6 Å². The van der Waals surface area contributed by atoms with E-state index < -0.39 is 28.4 Å². The molecule has 2 aromatic rings. The number of hydrogen-bond acceptors (Lipinski definition) is 4. The second-order valence-electron chi connectivity index (χ2n) is 6.20. The smallest absolute Gasteiger partial charge is 0.269 e. The minimum Gasteiger partial charge on any atom is -0.348 e. The summed E-state index contributed by atoms with van der Waals surface area (Å²) in [6.45, 7) is 3.34. The van der Waals surface area contributed by atoms with Crippen molar-refractivity contribution < 1.29 is 18.0 Å². The Labute approximate surface area is 152 Å². The van der Waals surface area contributed by atoms with Gasteiger partial charge >= 0.3 is 0 Å². The molecule has 1 aliphatic heterocycles. The van der Waals surface area contributed by atoms with Crippen LogP contribution >= 0.6 is 0 Å². The van der Waals surface area contributed by atoms with Crippen molar-refractivity contribution in [2.45, 2.75) is 31.2 Å². The second-order valence-corrected chi connectivity index (χ2v) is 8.03. The molecule has 0 spiro atoms. The summed E-state index contributed by atoms with van der Waals surface area (Å²) in [6, 6.07) is 13.5. The largest absolute Gasteiger partial charge is 0.348 e. The summed E-state index contributed by atoms with van der Waals surface area (Å²) in [6.07, 6.45) is 0.927. The van der Waals surface area contributed by atoms with Crippen LogP contribution in [0.1, 0.15) is 41.4 Å². The highest BCUT2D eigenvalue weighted by molar-refractivity contribution is 7.90. The van der Waals surface area contributed by atoms with E-state index in [1.165, 1.54) is 17.7 Å². The number of hydrogen-bond donors (Lipinski definition) is 1. The fourth-order valence-corrected chi connectivity index (χ4v) is 4.46. The van der Waals surface area contributed by atoms with Gasteiger partial charge < -0.3 is 5.32 Å². The average molecular weight is 372 g/mol. The van der Waals surface area contributed by atoms with Crippen LogP contribution < -0.4 is 5.32 Å². The van der Waals surface area contributed by atoms with E-state index in [1.54, 1.807) is 12.1 Å². The molecule has 1 N–H and O–H groups in total. The predicted molar refractivity (Wildman–Crippen MR) is 97.0 cm³/mol. The molecule has 0 radical (unpaired) electrons. The summed E-state index contributed by atoms with van der Waals surface area (Å²) in [4.78, 5) is 24.6. The first kappa shape index (κ1) is 18.1. The van der Waals surface area contributed by atoms with Crippen LogP contribution in [0.5, 0.6) is 0 Å². The van der Waals surface area contributed by atoms with Crippen LogP contribution in [0.15, 0.2) is 53.4 Å². The van der Waals surface area contributed by atoms with Gasteiger partial charge in [-0.25, -0.2) is 12.7 Å². The van der Waals surface area contributed by atoms with E-state index in [-0.39, 0.29) is 16.5 Å². The van der Waals surface area contributed by atoms with Gasteiger partial charge in [0.25, 0.3) is 15.9 Å². The van der Waals surface area contributed by atoms with Crippen molar-refractivity contribution >= 4 is 21.8 Å². The molecule has 0 saturated heterocycles. The maximum atomic E-state index is 12.5. The monoisotopic (exact) mass is 372 g/mol. The number of nitrogens with zero attached hydrogens (tertiary/aromatic N) is 1. The van der Waals surface area contributed by atoms with Gasteiger partial charge in [-0.2, -0.15) is 0 Å². The second kappa shape index (κ2) is 6.92. The van der Waals surface area contributed by atoms with E-state index in [1.807, 2.05) is 31.2 Å². The lowest BCUT2D eigenvalue weighted by atomic mass is 10.1. The normalized spacial score (nSPS) is 16.2. The number of benzene rings is 2. The number of nitrogens with one attached hydrogen (secondary N) is 1. The topological polar surface area (TPSA) is 83.6 Å². The summed E-state index contributed by atoms with van der Waals surface area (Å²) >= 11 is 0. The first-order valence-electron chi connectivity index (χ1n) is 8.39. The Morgan fingerprint density at radius 2 is 1.77 bits per heavy atom. The summed E-state index contributed by atoms with van der Waals surface area (Å²) in [7, 11) is -3.98. The van der Waals surface area contributed by atoms with Gasteiger partial charge in [-0.1, -0.05) is 43.3 Å². The van der Waals surface area contributed by atoms with Gasteiger partial charge in [0.1, 0.15) is 11.4 Å². The number of amides is 2. The third kappa shape index (κ3) is 3.22. The van der Waals surface area contributed by atoms with Crippen molar-refractivity contribution in [1.82, 2.24) is 9.62 Å². The molecule has 0 bridgehead atoms. The SMILES string of the molecule is CCc1ccc(C(C)NC(=O)CN2C(=O)c3ccccc3S2(=O)=O)cc1. The first-order valence-corrected chi connectivity index (χ1v) is 9.83. The van der Waals surface area contributed by atoms with Crippen molar-refractivity contribution in [2.24, 2.45) is 0 Å². The van der Waals surface area contributed by atoms with E-state index in [0.717, 1.165) is 12.0 Å². The van der Waals surface area contributed by atoms with Gasteiger partial charge in [-0.05, 0) is 36.6 Å². The van der Waals surface area contributed by atoms with E-state index in [4.69, 9.17) is 0 Å². The van der Waals surface area contributed by atoms with Crippen molar-refractivity contribution in [3.8, 4) is 0 Å². The molecule has 136 valence electrons. The summed E-state index contributed by atoms with van der Waals surface area (Å²) in [5.41, 5.74) is 2.21. The van der Waals surface area contributed by atoms with Gasteiger partial charge in [-0.3, -0.25) is 9.59 Å². The van der Waals surface area contributed by atoms with Crippen LogP contribution in [0, 0.1) is 0 Å². The quantitative estimate of drug-likeness (QED) is 0.873. The molecule has 1 heterocycles. The van der Waals surface area contributed by atoms with Crippen LogP contribution in [0.25, 0.3) is 0 Å². The van der Waals surface area contributed by atoms with Crippen LogP contribution in [0.4, 0.5) is 0 Å². The fraction of sp³-hybridized carbons (Fsp3) is 0.263. The Kier molecular flexibility index (Phi) is 4.82. The number of carbonyl (C=O) groups excluding carboxylic acids is 2. The predicted octanol–water partition coefficient (Wildman–Crippen LogP) is 2.27. The molecule has 6 nitrogen and oxygen atoms in total. The zero-order valence-corrected chi connectivity index (χ0v) is 15.4. The minimum absolute atomic E-state index is 0.0546. The van der Waals surface area contributed by atoms with E-state index >= 15 is 0 Å². The van der Waals surface area contributed by atoms with E-state index in [2.05, 4.69) is 12.2 Å². The molecule has 2 amide bonds. The maximum absolute atomic E-state index is 12.5. The van der Waals surface area contributed by atoms with Crippen molar-refractivity contribution in [2.75, 3.05) is 6.54 Å². The zero-order chi connectivity index (χ0) is 18.9. The molecule has 7 heteroatoms. The number of sulfonamides is 1. The van der Waals surface area contributed by atoms with Crippen LogP contribution in [-0.2, 0) is 21.2 Å². The lowest BCUT2D eigenvalue weighted by Crippen LogP contribution is -2.41. The molecule has 0 aromatic heterocycles. The first-order chi connectivity index (χ1) is 12.3. The molecule has 0 aliphatic carbocycles. The average Bonchev–Trinajstić information content (AvgIpc) is 2.83. The highest BCUT2D eigenvalue weighted by Crippen LogP contribution is 2.29. The Balaban J connectivity index is 1.71. The number of fused-ring (bicyclic) bond motifs is 1. The van der Waals surface area contributed by atoms with Crippen molar-refractivity contribution in [1.29, 1.82) is 0 Å². The van der Waals surface area contributed by atoms with Gasteiger partial charge in [-0.15, -0.1) is 0 Å². The van der Waals surface area contributed by atoms with E-state index in [9.17, 15) is 18.0 Å². The van der Waals surface area contributed by atoms with Crippen molar-refractivity contribution in [3.05, 3.63) is 65.2 Å². The highest BCUT2D eigenvalue weighted by atomic mass is 32.2. The Hall–Kier alpha value is -2.67. The molecule has 0 fully saturated rings. The maximum Gasteiger partial charge on any atom is 0.269 e. The molecule has 3 rings (SSSR count). The molecule has 26 heavy (non-hydrogen) atoms. The summed E-state index contributed by atoms with van der Waals surface area (Å²) < 4.78 is 25.6. The zero-order valence-electron chi connectivity index (χ0n) is 14.6. The Morgan fingerprint density at radius 3 is 2.38 bits per heavy atom. The summed E-state index contributed by atoms with van der Waals surface area (Å²) in [5, 5.41) is 2.75. The van der Waals surface area contributed by atoms with Crippen LogP contribution in [0.2, 0.25) is 0 Å². The van der Waals surface area contributed by atoms with Crippen molar-refractivity contribution in [3.63, 3.8) is 0 Å². The molecule has 0 saturated carbocycles. The van der Waals surface area contributed by atoms with E-state index in [0.29, 0.717) is 4.31 Å². The summed E-state index contributed by atoms with van der Waals surface area (Å²) in [5.74, 6) is -1.20. The standard InChI is InChI=1S/C19H20N2O4S/c1-3-14-8-10-15(11-9-14)13(2)20-18(22)12-21-19(23)16-6-4-5-7-17(16)26(21,24)25/h4-11,13H,3,12H2,1-2H3,(H,20,22). The van der Waals surface area contributed by atoms with Gasteiger partial charge in [0.2, 0.25) is 5.91 Å². The third-order valence-electron chi connectivity index (χ3n) is 4.46. The van der Waals surface area contributed by atoms with Gasteiger partial charge in [0.15, 0.2) is 0 Å². The number of carbonyl (C=O) groups is 2. The number of aryl methyl sites for hydroxylation is 1. The van der Waals surface area contributed by atoms with Crippen LogP contribution in [0.3, 0.4) is 0 Å². The molecular formula is C19H20N2O4S. The Morgan fingerprint density at radius 1 is 1.12 bits per heavy atom. The minimum atomic E-state index is -3.98. The molecule has 2 aromatic carbocycles. The molecule has 1 unspecified atom stereocenters. The highest BCUT2D eigenvalue weighted by Gasteiger charge is 2.41. The third-order valence-corrected chi connectivity index (χ3v) is 6.25. The fourth-order valence-electron chi connectivity index (χ4n) is 2.93. The van der Waals surface area contributed by atoms with Crippen LogP contribution in [-0.4, -0.2) is 31.1 Å². The molecular weight excluding hydrogens is 352 g/mol. The lowest BCUT2D eigenvalue weighted by Gasteiger charge is -2.18. The molecule has 1 atom stereocenters. The Bertz CT molecular complexity index is 952. The lowest BCUT2D eigenvalue weighted by molar-refractivity contribution is -0.121.